The molecule has 0 aromatic rings. The Labute approximate surface area is 112 Å². The van der Waals surface area contributed by atoms with Crippen molar-refractivity contribution in [3.8, 4) is 0 Å². The van der Waals surface area contributed by atoms with Crippen LogP contribution in [0.2, 0.25) is 0 Å². The fourth-order valence-corrected chi connectivity index (χ4v) is 3.01. The van der Waals surface area contributed by atoms with Crippen molar-refractivity contribution in [3.63, 3.8) is 0 Å². The van der Waals surface area contributed by atoms with E-state index >= 15 is 0 Å². The fraction of sp³-hybridized carbons (Fsp3) is 0.562. The Morgan fingerprint density at radius 1 is 1.17 bits per heavy atom. The SMILES string of the molecule is [B]C1=CC=C(C(C)(CC)C2=CCC(=N)CC2)CC1. The molecule has 1 N–H and O–H groups in total. The molecule has 0 saturated heterocycles. The minimum atomic E-state index is 0.178. The van der Waals surface area contributed by atoms with Gasteiger partial charge in [0.15, 0.2) is 0 Å². The molecule has 2 radical (unpaired) electrons. The summed E-state index contributed by atoms with van der Waals surface area (Å²) in [6.07, 6.45) is 12.6. The molecule has 94 valence electrons. The Hall–Kier alpha value is -1.05. The Balaban J connectivity index is 2.28. The topological polar surface area (TPSA) is 23.9 Å². The van der Waals surface area contributed by atoms with Crippen LogP contribution in [0.15, 0.2) is 34.8 Å². The maximum atomic E-state index is 7.73. The van der Waals surface area contributed by atoms with E-state index in [0.717, 1.165) is 49.7 Å². The smallest absolute Gasteiger partial charge is 0.107 e. The molecule has 0 aromatic carbocycles. The zero-order valence-electron chi connectivity index (χ0n) is 11.6. The molecule has 0 amide bonds. The third-order valence-electron chi connectivity index (χ3n) is 4.60. The second-order valence-electron chi connectivity index (χ2n) is 5.66. The van der Waals surface area contributed by atoms with E-state index in [1.807, 2.05) is 0 Å². The highest BCUT2D eigenvalue weighted by Gasteiger charge is 2.32. The molecule has 1 unspecified atom stereocenters. The molecule has 0 aliphatic heterocycles. The first-order chi connectivity index (χ1) is 8.56. The van der Waals surface area contributed by atoms with Gasteiger partial charge in [-0.15, -0.1) is 5.47 Å². The predicted molar refractivity (Wildman–Crippen MR) is 79.2 cm³/mol. The van der Waals surface area contributed by atoms with Gasteiger partial charge in [0.25, 0.3) is 0 Å². The lowest BCUT2D eigenvalue weighted by atomic mass is 9.66. The van der Waals surface area contributed by atoms with Gasteiger partial charge in [0.1, 0.15) is 7.85 Å². The van der Waals surface area contributed by atoms with Crippen molar-refractivity contribution in [3.05, 3.63) is 34.8 Å². The zero-order valence-corrected chi connectivity index (χ0v) is 11.6. The quantitative estimate of drug-likeness (QED) is 0.560. The van der Waals surface area contributed by atoms with Crippen molar-refractivity contribution < 1.29 is 0 Å². The second kappa shape index (κ2) is 5.30. The number of hydrogen-bond acceptors (Lipinski definition) is 1. The Kier molecular flexibility index (Phi) is 3.94. The lowest BCUT2D eigenvalue weighted by Crippen LogP contribution is -2.25. The van der Waals surface area contributed by atoms with Gasteiger partial charge in [-0.05, 0) is 32.1 Å². The molecule has 0 bridgehead atoms. The first-order valence-corrected chi connectivity index (χ1v) is 6.97. The van der Waals surface area contributed by atoms with Crippen molar-refractivity contribution in [1.82, 2.24) is 0 Å². The first-order valence-electron chi connectivity index (χ1n) is 6.97. The van der Waals surface area contributed by atoms with Crippen LogP contribution in [-0.2, 0) is 0 Å². The minimum Gasteiger partial charge on any atom is -0.309 e. The summed E-state index contributed by atoms with van der Waals surface area (Å²) in [6, 6.07) is 0. The van der Waals surface area contributed by atoms with Crippen LogP contribution in [0.25, 0.3) is 0 Å². The van der Waals surface area contributed by atoms with Crippen molar-refractivity contribution in [2.45, 2.75) is 52.4 Å². The Morgan fingerprint density at radius 3 is 2.39 bits per heavy atom. The average Bonchev–Trinajstić information content (AvgIpc) is 2.39. The fourth-order valence-electron chi connectivity index (χ4n) is 3.01. The first kappa shape index (κ1) is 13.4. The number of allylic oxidation sites excluding steroid dienone is 6. The second-order valence-corrected chi connectivity index (χ2v) is 5.66. The highest BCUT2D eigenvalue weighted by atomic mass is 14.4. The minimum absolute atomic E-state index is 0.178. The van der Waals surface area contributed by atoms with Crippen LogP contribution < -0.4 is 0 Å². The molecule has 1 atom stereocenters. The third kappa shape index (κ3) is 2.53. The molecule has 2 rings (SSSR count). The molecule has 1 nitrogen and oxygen atoms in total. The van der Waals surface area contributed by atoms with E-state index in [0.29, 0.717) is 0 Å². The van der Waals surface area contributed by atoms with Gasteiger partial charge in [-0.25, -0.2) is 0 Å². The van der Waals surface area contributed by atoms with Gasteiger partial charge >= 0.3 is 0 Å². The summed E-state index contributed by atoms with van der Waals surface area (Å²) in [5.41, 5.74) is 5.09. The van der Waals surface area contributed by atoms with Crippen LogP contribution in [0, 0.1) is 10.8 Å². The van der Waals surface area contributed by atoms with Gasteiger partial charge in [0, 0.05) is 17.5 Å². The van der Waals surface area contributed by atoms with Gasteiger partial charge in [0.05, 0.1) is 0 Å². The number of hydrogen-bond donors (Lipinski definition) is 1. The molecule has 2 heteroatoms. The monoisotopic (exact) mass is 239 g/mol. The lowest BCUT2D eigenvalue weighted by molar-refractivity contribution is 0.425. The molecule has 0 spiro atoms. The van der Waals surface area contributed by atoms with E-state index in [1.54, 1.807) is 0 Å². The standard InChI is InChI=1S/C16H22BN/c1-3-16(2,12-4-8-14(17)9-5-12)13-6-10-15(18)11-7-13/h4,6,8,18H,3,5,7,9-11H2,1-2H3. The largest absolute Gasteiger partial charge is 0.309 e. The van der Waals surface area contributed by atoms with Crippen LogP contribution >= 0.6 is 0 Å². The molecule has 0 saturated carbocycles. The summed E-state index contributed by atoms with van der Waals surface area (Å²) in [4.78, 5) is 0. The van der Waals surface area contributed by atoms with Gasteiger partial charge in [-0.3, -0.25) is 0 Å². The molecule has 18 heavy (non-hydrogen) atoms. The summed E-state index contributed by atoms with van der Waals surface area (Å²) in [7, 11) is 5.85. The van der Waals surface area contributed by atoms with Crippen molar-refractivity contribution in [1.29, 1.82) is 5.41 Å². The molecule has 0 aromatic heterocycles. The number of nitrogens with one attached hydrogen (secondary N) is 1. The third-order valence-corrected chi connectivity index (χ3v) is 4.60. The zero-order chi connectivity index (χ0) is 13.2. The van der Waals surface area contributed by atoms with Crippen LogP contribution in [0.3, 0.4) is 0 Å². The van der Waals surface area contributed by atoms with Crippen molar-refractivity contribution in [2.24, 2.45) is 5.41 Å². The highest BCUT2D eigenvalue weighted by molar-refractivity contribution is 6.21. The summed E-state index contributed by atoms with van der Waals surface area (Å²) in [6.45, 7) is 4.62. The summed E-state index contributed by atoms with van der Waals surface area (Å²) >= 11 is 0. The number of rotatable bonds is 3. The lowest BCUT2D eigenvalue weighted by Gasteiger charge is -2.37. The van der Waals surface area contributed by atoms with Crippen LogP contribution in [-0.4, -0.2) is 13.6 Å². The average molecular weight is 239 g/mol. The van der Waals surface area contributed by atoms with Gasteiger partial charge in [0.2, 0.25) is 0 Å². The van der Waals surface area contributed by atoms with E-state index in [-0.39, 0.29) is 5.41 Å². The summed E-state index contributed by atoms with van der Waals surface area (Å²) in [5.74, 6) is 0. The maximum absolute atomic E-state index is 7.73. The predicted octanol–water partition coefficient (Wildman–Crippen LogP) is 4.31. The van der Waals surface area contributed by atoms with E-state index in [4.69, 9.17) is 13.3 Å². The summed E-state index contributed by atoms with van der Waals surface area (Å²) < 4.78 is 0. The van der Waals surface area contributed by atoms with Gasteiger partial charge in [-0.1, -0.05) is 43.2 Å². The molecule has 2 aliphatic carbocycles. The van der Waals surface area contributed by atoms with Gasteiger partial charge < -0.3 is 5.41 Å². The van der Waals surface area contributed by atoms with Gasteiger partial charge in [-0.2, -0.15) is 0 Å². The normalized spacial score (nSPS) is 23.9. The molecule has 0 fully saturated rings. The summed E-state index contributed by atoms with van der Waals surface area (Å²) in [5, 5.41) is 7.73. The van der Waals surface area contributed by atoms with E-state index in [1.165, 1.54) is 11.1 Å². The Morgan fingerprint density at radius 2 is 1.89 bits per heavy atom. The van der Waals surface area contributed by atoms with Crippen molar-refractivity contribution >= 4 is 13.6 Å². The van der Waals surface area contributed by atoms with Crippen LogP contribution in [0.4, 0.5) is 0 Å². The van der Waals surface area contributed by atoms with E-state index in [2.05, 4.69) is 32.1 Å². The van der Waals surface area contributed by atoms with E-state index < -0.39 is 0 Å². The van der Waals surface area contributed by atoms with Crippen molar-refractivity contribution in [2.75, 3.05) is 0 Å². The molecule has 0 heterocycles. The molecular formula is C16H22BN. The van der Waals surface area contributed by atoms with E-state index in [9.17, 15) is 0 Å². The maximum Gasteiger partial charge on any atom is 0.107 e. The van der Waals surface area contributed by atoms with Crippen LogP contribution in [0.5, 0.6) is 0 Å². The molecule has 2 aliphatic rings. The van der Waals surface area contributed by atoms with Crippen LogP contribution in [0.1, 0.15) is 52.4 Å². The Bertz CT molecular complexity index is 442. The molecular weight excluding hydrogens is 217 g/mol. The highest BCUT2D eigenvalue weighted by Crippen LogP contribution is 2.45.